The number of nitrogens with one attached hydrogen (secondary N) is 4. The van der Waals surface area contributed by atoms with Crippen molar-refractivity contribution >= 4 is 29.1 Å². The molecule has 0 saturated heterocycles. The minimum absolute atomic E-state index is 0.00959. The van der Waals surface area contributed by atoms with E-state index in [2.05, 4.69) is 25.9 Å². The van der Waals surface area contributed by atoms with Gasteiger partial charge in [-0.15, -0.1) is 0 Å². The summed E-state index contributed by atoms with van der Waals surface area (Å²) >= 11 is 0. The molecular weight excluding hydrogens is 364 g/mol. The van der Waals surface area contributed by atoms with Gasteiger partial charge in [-0.3, -0.25) is 14.4 Å². The molecule has 0 aliphatic carbocycles. The van der Waals surface area contributed by atoms with E-state index in [0.717, 1.165) is 0 Å². The van der Waals surface area contributed by atoms with Crippen molar-refractivity contribution in [2.75, 3.05) is 17.3 Å². The van der Waals surface area contributed by atoms with Crippen LogP contribution in [0.1, 0.15) is 31.6 Å². The molecule has 0 spiro atoms. The number of aromatic nitrogens is 4. The molecule has 3 rings (SSSR count). The molecule has 3 heterocycles. The van der Waals surface area contributed by atoms with Gasteiger partial charge in [0.05, 0.1) is 18.0 Å². The van der Waals surface area contributed by atoms with Crippen molar-refractivity contribution in [2.45, 2.75) is 0 Å². The number of hydrogen-bond donors (Lipinski definition) is 5. The van der Waals surface area contributed by atoms with E-state index in [0.29, 0.717) is 17.1 Å². The van der Waals surface area contributed by atoms with Crippen LogP contribution >= 0.6 is 0 Å². The fourth-order valence-electron chi connectivity index (χ4n) is 2.61. The summed E-state index contributed by atoms with van der Waals surface area (Å²) in [5, 5.41) is 7.84. The van der Waals surface area contributed by atoms with Gasteiger partial charge in [-0.25, -0.2) is 4.98 Å². The lowest BCUT2D eigenvalue weighted by atomic mass is 10.3. The second-order valence-corrected chi connectivity index (χ2v) is 6.01. The van der Waals surface area contributed by atoms with Crippen LogP contribution < -0.4 is 21.7 Å². The van der Waals surface area contributed by atoms with Crippen LogP contribution in [-0.4, -0.2) is 43.5 Å². The standard InChI is InChI=1S/C17H20N8O3/c1-24-4-3-19-14(24)17(28)23-11-6-13(25(2)8-11)16(27)22-10-5-12(20-7-10)15(26)21-9-18/h3-8,20H,9,18H2,1-2H3,(H,21,26)(H,22,27)(H,23,28). The highest BCUT2D eigenvalue weighted by atomic mass is 16.2. The Morgan fingerprint density at radius 1 is 1.07 bits per heavy atom. The lowest BCUT2D eigenvalue weighted by molar-refractivity contribution is 0.0948. The van der Waals surface area contributed by atoms with Crippen molar-refractivity contribution in [1.82, 2.24) is 24.4 Å². The first-order chi connectivity index (χ1) is 13.4. The van der Waals surface area contributed by atoms with Gasteiger partial charge in [0.2, 0.25) is 0 Å². The third-order valence-corrected chi connectivity index (χ3v) is 3.97. The first-order valence-electron chi connectivity index (χ1n) is 8.32. The summed E-state index contributed by atoms with van der Waals surface area (Å²) in [4.78, 5) is 43.2. The summed E-state index contributed by atoms with van der Waals surface area (Å²) in [5.41, 5.74) is 6.75. The Bertz CT molecular complexity index is 1030. The van der Waals surface area contributed by atoms with Crippen LogP contribution in [-0.2, 0) is 14.1 Å². The zero-order chi connectivity index (χ0) is 20.3. The number of nitrogens with zero attached hydrogens (tertiary/aromatic N) is 3. The van der Waals surface area contributed by atoms with Crippen molar-refractivity contribution in [1.29, 1.82) is 0 Å². The summed E-state index contributed by atoms with van der Waals surface area (Å²) in [5.74, 6) is -0.900. The van der Waals surface area contributed by atoms with Crippen molar-refractivity contribution in [3.8, 4) is 0 Å². The van der Waals surface area contributed by atoms with E-state index >= 15 is 0 Å². The smallest absolute Gasteiger partial charge is 0.291 e. The van der Waals surface area contributed by atoms with E-state index in [-0.39, 0.29) is 30.0 Å². The van der Waals surface area contributed by atoms with Gasteiger partial charge in [-0.2, -0.15) is 0 Å². The first kappa shape index (κ1) is 18.9. The molecule has 0 bridgehead atoms. The largest absolute Gasteiger partial charge is 0.355 e. The second kappa shape index (κ2) is 7.80. The van der Waals surface area contributed by atoms with Crippen LogP contribution in [0.4, 0.5) is 11.4 Å². The fourth-order valence-corrected chi connectivity index (χ4v) is 2.61. The molecule has 6 N–H and O–H groups in total. The molecule has 0 unspecified atom stereocenters. The number of carbonyl (C=O) groups is 3. The molecule has 11 nitrogen and oxygen atoms in total. The highest BCUT2D eigenvalue weighted by molar-refractivity contribution is 6.06. The van der Waals surface area contributed by atoms with E-state index in [1.54, 1.807) is 41.7 Å². The van der Waals surface area contributed by atoms with Crippen LogP contribution in [0, 0.1) is 0 Å². The summed E-state index contributed by atoms with van der Waals surface area (Å²) < 4.78 is 3.17. The Kier molecular flexibility index (Phi) is 5.27. The summed E-state index contributed by atoms with van der Waals surface area (Å²) in [7, 11) is 3.40. The number of anilines is 2. The number of H-pyrrole nitrogens is 1. The second-order valence-electron chi connectivity index (χ2n) is 6.01. The van der Waals surface area contributed by atoms with Crippen LogP contribution in [0.25, 0.3) is 0 Å². The number of aryl methyl sites for hydroxylation is 2. The average molecular weight is 384 g/mol. The zero-order valence-corrected chi connectivity index (χ0v) is 15.3. The maximum atomic E-state index is 12.5. The van der Waals surface area contributed by atoms with Gasteiger partial charge in [0.25, 0.3) is 17.7 Å². The summed E-state index contributed by atoms with van der Waals surface area (Å²) in [6, 6.07) is 3.04. The molecule has 11 heteroatoms. The molecule has 0 aromatic carbocycles. The van der Waals surface area contributed by atoms with Crippen molar-refractivity contribution in [3.05, 3.63) is 54.1 Å². The van der Waals surface area contributed by atoms with Crippen LogP contribution in [0.15, 0.2) is 36.9 Å². The SMILES string of the molecule is Cn1cc(NC(=O)c2nccn2C)cc1C(=O)Nc1c[nH]c(C(=O)NCN)c1. The average Bonchev–Trinajstić information content (AvgIpc) is 3.35. The number of aromatic amines is 1. The summed E-state index contributed by atoms with van der Waals surface area (Å²) in [6.07, 6.45) is 6.30. The van der Waals surface area contributed by atoms with Gasteiger partial charge in [0, 0.05) is 38.9 Å². The van der Waals surface area contributed by atoms with Crippen LogP contribution in [0.2, 0.25) is 0 Å². The van der Waals surface area contributed by atoms with E-state index < -0.39 is 5.91 Å². The van der Waals surface area contributed by atoms with Crippen molar-refractivity contribution in [2.24, 2.45) is 19.8 Å². The predicted octanol–water partition coefficient (Wildman–Crippen LogP) is 0.237. The molecule has 0 atom stereocenters. The number of amides is 3. The first-order valence-corrected chi connectivity index (χ1v) is 8.32. The van der Waals surface area contributed by atoms with Crippen LogP contribution in [0.5, 0.6) is 0 Å². The molecule has 3 aromatic heterocycles. The Hall–Kier alpha value is -3.86. The molecule has 0 saturated carbocycles. The van der Waals surface area contributed by atoms with Crippen molar-refractivity contribution in [3.63, 3.8) is 0 Å². The third kappa shape index (κ3) is 3.94. The predicted molar refractivity (Wildman–Crippen MR) is 102 cm³/mol. The minimum Gasteiger partial charge on any atom is -0.355 e. The Morgan fingerprint density at radius 2 is 1.82 bits per heavy atom. The maximum Gasteiger partial charge on any atom is 0.291 e. The van der Waals surface area contributed by atoms with Crippen molar-refractivity contribution < 1.29 is 14.4 Å². The monoisotopic (exact) mass is 384 g/mol. The Balaban J connectivity index is 1.69. The topological polar surface area (TPSA) is 152 Å². The van der Waals surface area contributed by atoms with E-state index in [4.69, 9.17) is 5.73 Å². The lowest BCUT2D eigenvalue weighted by Gasteiger charge is -2.03. The Morgan fingerprint density at radius 3 is 2.50 bits per heavy atom. The summed E-state index contributed by atoms with van der Waals surface area (Å²) in [6.45, 7) is 0.00959. The highest BCUT2D eigenvalue weighted by Crippen LogP contribution is 2.17. The van der Waals surface area contributed by atoms with E-state index in [1.165, 1.54) is 18.5 Å². The molecule has 28 heavy (non-hydrogen) atoms. The highest BCUT2D eigenvalue weighted by Gasteiger charge is 2.17. The van der Waals surface area contributed by atoms with Gasteiger partial charge in [0.15, 0.2) is 5.82 Å². The molecule has 0 fully saturated rings. The van der Waals surface area contributed by atoms with Gasteiger partial charge in [-0.1, -0.05) is 0 Å². The molecule has 0 aliphatic heterocycles. The number of carbonyl (C=O) groups excluding carboxylic acids is 3. The zero-order valence-electron chi connectivity index (χ0n) is 15.3. The molecular formula is C17H20N8O3. The maximum absolute atomic E-state index is 12.5. The van der Waals surface area contributed by atoms with E-state index in [1.807, 2.05) is 0 Å². The molecule has 0 aliphatic rings. The fraction of sp³-hybridized carbons (Fsp3) is 0.176. The molecule has 146 valence electrons. The quantitative estimate of drug-likeness (QED) is 0.386. The van der Waals surface area contributed by atoms with Gasteiger partial charge in [-0.05, 0) is 12.1 Å². The van der Waals surface area contributed by atoms with E-state index in [9.17, 15) is 14.4 Å². The number of hydrogen-bond acceptors (Lipinski definition) is 5. The number of nitrogens with two attached hydrogens (primary N) is 1. The minimum atomic E-state index is -0.398. The normalized spacial score (nSPS) is 10.5. The lowest BCUT2D eigenvalue weighted by Crippen LogP contribution is -2.29. The Labute approximate surface area is 159 Å². The third-order valence-electron chi connectivity index (χ3n) is 3.97. The molecule has 3 amide bonds. The van der Waals surface area contributed by atoms with Crippen LogP contribution in [0.3, 0.4) is 0 Å². The number of rotatable bonds is 6. The molecule has 3 aromatic rings. The van der Waals surface area contributed by atoms with Gasteiger partial charge in [0.1, 0.15) is 11.4 Å². The van der Waals surface area contributed by atoms with Gasteiger partial charge < -0.3 is 35.8 Å². The number of imidazole rings is 1. The molecule has 0 radical (unpaired) electrons. The van der Waals surface area contributed by atoms with Gasteiger partial charge >= 0.3 is 0 Å².